The van der Waals surface area contributed by atoms with Gasteiger partial charge in [0, 0.05) is 29.4 Å². The van der Waals surface area contributed by atoms with Crippen LogP contribution in [0.5, 0.6) is 0 Å². The first-order valence-electron chi connectivity index (χ1n) is 17.6. The van der Waals surface area contributed by atoms with E-state index in [1.165, 1.54) is 50.1 Å². The summed E-state index contributed by atoms with van der Waals surface area (Å²) in [5, 5.41) is 1.15. The van der Waals surface area contributed by atoms with Crippen molar-refractivity contribution in [3.05, 3.63) is 198 Å². The third kappa shape index (κ3) is 9.57. The van der Waals surface area contributed by atoms with Crippen LogP contribution in [-0.2, 0) is 6.54 Å². The molecule has 0 radical (unpaired) electrons. The van der Waals surface area contributed by atoms with Crippen LogP contribution in [0, 0.1) is 13.8 Å². The third-order valence-corrected chi connectivity index (χ3v) is 8.93. The zero-order valence-electron chi connectivity index (χ0n) is 29.5. The van der Waals surface area contributed by atoms with Crippen LogP contribution in [0.2, 0.25) is 0 Å². The fraction of sp³-hybridized carbons (Fsp3) is 0.104. The number of anilines is 1. The van der Waals surface area contributed by atoms with Crippen LogP contribution in [0.4, 0.5) is 5.69 Å². The second-order valence-electron chi connectivity index (χ2n) is 12.9. The van der Waals surface area contributed by atoms with Crippen LogP contribution in [-0.4, -0.2) is 4.98 Å². The summed E-state index contributed by atoms with van der Waals surface area (Å²) in [6, 6.07) is 52.5. The van der Waals surface area contributed by atoms with Crippen molar-refractivity contribution in [2.75, 3.05) is 5.73 Å². The molecule has 0 amide bonds. The first-order chi connectivity index (χ1) is 24.9. The number of nitrogens with two attached hydrogens (primary N) is 2. The van der Waals surface area contributed by atoms with Gasteiger partial charge in [0.25, 0.3) is 0 Å². The zero-order valence-corrected chi connectivity index (χ0v) is 29.5. The highest BCUT2D eigenvalue weighted by Crippen LogP contribution is 2.29. The molecule has 1 aliphatic rings. The average molecular weight is 664 g/mol. The summed E-state index contributed by atoms with van der Waals surface area (Å²) in [5.74, 6) is 0. The number of benzene rings is 6. The van der Waals surface area contributed by atoms with E-state index in [0.717, 1.165) is 40.6 Å². The summed E-state index contributed by atoms with van der Waals surface area (Å²) in [6.45, 7) is 4.74. The Hall–Kier alpha value is -6.03. The molecular weight excluding hydrogens is 619 g/mol. The number of rotatable bonds is 5. The van der Waals surface area contributed by atoms with Gasteiger partial charge in [-0.15, -0.1) is 0 Å². The van der Waals surface area contributed by atoms with Gasteiger partial charge < -0.3 is 11.5 Å². The predicted molar refractivity (Wildman–Crippen MR) is 219 cm³/mol. The highest BCUT2D eigenvalue weighted by Gasteiger charge is 2.06. The SMILES string of the molecule is Cc1cccc(-c2cccc(N)c2)c1.Cc1ccccc1.NCc1ccc(-c2ccc3ncc(-c4ccc(C5=CCCC=C5)cc4)cc3c2)cc1. The Labute approximate surface area is 302 Å². The Morgan fingerprint density at radius 2 is 1.14 bits per heavy atom. The second kappa shape index (κ2) is 17.1. The number of aromatic nitrogens is 1. The number of nitrogen functional groups attached to an aromatic ring is 1. The van der Waals surface area contributed by atoms with Crippen molar-refractivity contribution in [2.24, 2.45) is 5.73 Å². The second-order valence-corrected chi connectivity index (χ2v) is 12.9. The molecule has 4 N–H and O–H groups in total. The summed E-state index contributed by atoms with van der Waals surface area (Å²) in [7, 11) is 0. The number of allylic oxidation sites excluding steroid dienone is 4. The molecule has 0 fully saturated rings. The third-order valence-electron chi connectivity index (χ3n) is 8.93. The summed E-state index contributed by atoms with van der Waals surface area (Å²) in [5.41, 5.74) is 26.7. The van der Waals surface area contributed by atoms with Crippen molar-refractivity contribution in [3.8, 4) is 33.4 Å². The van der Waals surface area contributed by atoms with E-state index in [4.69, 9.17) is 16.5 Å². The summed E-state index contributed by atoms with van der Waals surface area (Å²) in [6.07, 6.45) is 11.0. The highest BCUT2D eigenvalue weighted by molar-refractivity contribution is 5.88. The standard InChI is InChI=1S/C28H24N2.C13H13N.C7H8/c29-18-20-6-8-23(9-7-20)25-14-15-28-26(16-25)17-27(19-30-28)24-12-10-22(11-13-24)21-4-2-1-3-5-21;1-10-4-2-5-11(8-10)12-6-3-7-13(14)9-12;1-7-5-3-2-4-6-7/h2,4-17,19H,1,3,18,29H2;2-9H,14H2,1H3;2-6H,1H3. The van der Waals surface area contributed by atoms with E-state index < -0.39 is 0 Å². The topological polar surface area (TPSA) is 64.9 Å². The lowest BCUT2D eigenvalue weighted by molar-refractivity contribution is 1.04. The minimum Gasteiger partial charge on any atom is -0.399 e. The molecule has 51 heavy (non-hydrogen) atoms. The van der Waals surface area contributed by atoms with Gasteiger partial charge in [0.15, 0.2) is 0 Å². The molecule has 252 valence electrons. The Bertz CT molecular complexity index is 2200. The Morgan fingerprint density at radius 1 is 0.529 bits per heavy atom. The summed E-state index contributed by atoms with van der Waals surface area (Å²) < 4.78 is 0. The molecule has 6 aromatic carbocycles. The number of nitrogens with zero attached hydrogens (tertiary/aromatic N) is 1. The number of fused-ring (bicyclic) bond motifs is 1. The molecule has 1 aromatic heterocycles. The number of pyridine rings is 1. The van der Waals surface area contributed by atoms with Crippen LogP contribution in [0.3, 0.4) is 0 Å². The fourth-order valence-electron chi connectivity index (χ4n) is 6.06. The molecule has 3 heteroatoms. The van der Waals surface area contributed by atoms with Gasteiger partial charge in [-0.25, -0.2) is 0 Å². The summed E-state index contributed by atoms with van der Waals surface area (Å²) in [4.78, 5) is 4.69. The van der Waals surface area contributed by atoms with Crippen molar-refractivity contribution in [1.29, 1.82) is 0 Å². The molecule has 0 aliphatic heterocycles. The average Bonchev–Trinajstić information content (AvgIpc) is 3.19. The first kappa shape index (κ1) is 34.8. The molecule has 0 unspecified atom stereocenters. The molecule has 1 heterocycles. The van der Waals surface area contributed by atoms with E-state index in [0.29, 0.717) is 6.54 Å². The maximum Gasteiger partial charge on any atom is 0.0702 e. The Kier molecular flexibility index (Phi) is 11.7. The number of hydrogen-bond acceptors (Lipinski definition) is 3. The van der Waals surface area contributed by atoms with Crippen molar-refractivity contribution in [2.45, 2.75) is 33.2 Å². The van der Waals surface area contributed by atoms with Crippen molar-refractivity contribution in [1.82, 2.24) is 4.98 Å². The zero-order chi connectivity index (χ0) is 35.4. The van der Waals surface area contributed by atoms with Gasteiger partial charge in [0.1, 0.15) is 0 Å². The van der Waals surface area contributed by atoms with Gasteiger partial charge in [-0.05, 0) is 102 Å². The molecule has 7 aromatic rings. The van der Waals surface area contributed by atoms with Gasteiger partial charge in [-0.2, -0.15) is 0 Å². The van der Waals surface area contributed by atoms with Crippen molar-refractivity contribution < 1.29 is 0 Å². The van der Waals surface area contributed by atoms with E-state index in [-0.39, 0.29) is 0 Å². The minimum absolute atomic E-state index is 0.567. The van der Waals surface area contributed by atoms with E-state index in [1.54, 1.807) is 0 Å². The van der Waals surface area contributed by atoms with E-state index in [1.807, 2.05) is 42.6 Å². The molecule has 0 saturated carbocycles. The lowest BCUT2D eigenvalue weighted by atomic mass is 9.96. The lowest BCUT2D eigenvalue weighted by Gasteiger charge is -2.09. The van der Waals surface area contributed by atoms with Crippen LogP contribution >= 0.6 is 0 Å². The van der Waals surface area contributed by atoms with Gasteiger partial charge in [-0.1, -0.05) is 151 Å². The van der Waals surface area contributed by atoms with Crippen LogP contribution in [0.15, 0.2) is 176 Å². The van der Waals surface area contributed by atoms with Gasteiger partial charge in [0.05, 0.1) is 5.52 Å². The highest BCUT2D eigenvalue weighted by atomic mass is 14.6. The van der Waals surface area contributed by atoms with Crippen LogP contribution in [0.25, 0.3) is 49.9 Å². The van der Waals surface area contributed by atoms with E-state index in [9.17, 15) is 0 Å². The Balaban J connectivity index is 0.000000175. The van der Waals surface area contributed by atoms with E-state index >= 15 is 0 Å². The van der Waals surface area contributed by atoms with Crippen molar-refractivity contribution in [3.63, 3.8) is 0 Å². The minimum atomic E-state index is 0.567. The number of aryl methyl sites for hydroxylation is 2. The van der Waals surface area contributed by atoms with Gasteiger partial charge >= 0.3 is 0 Å². The molecule has 3 nitrogen and oxygen atoms in total. The smallest absolute Gasteiger partial charge is 0.0702 e. The van der Waals surface area contributed by atoms with Crippen LogP contribution in [0.1, 0.15) is 35.1 Å². The molecule has 1 aliphatic carbocycles. The maximum atomic E-state index is 5.73. The number of hydrogen-bond donors (Lipinski definition) is 2. The van der Waals surface area contributed by atoms with E-state index in [2.05, 4.69) is 147 Å². The first-order valence-corrected chi connectivity index (χ1v) is 17.6. The molecule has 0 saturated heterocycles. The normalized spacial score (nSPS) is 11.9. The molecule has 0 spiro atoms. The predicted octanol–water partition coefficient (Wildman–Crippen LogP) is 12.0. The molecular formula is C48H45N3. The monoisotopic (exact) mass is 663 g/mol. The quantitative estimate of drug-likeness (QED) is 0.180. The molecule has 8 rings (SSSR count). The molecule has 0 bridgehead atoms. The van der Waals surface area contributed by atoms with Gasteiger partial charge in [0.2, 0.25) is 0 Å². The summed E-state index contributed by atoms with van der Waals surface area (Å²) >= 11 is 0. The maximum absolute atomic E-state index is 5.73. The fourth-order valence-corrected chi connectivity index (χ4v) is 6.06. The van der Waals surface area contributed by atoms with Crippen LogP contribution < -0.4 is 11.5 Å². The lowest BCUT2D eigenvalue weighted by Crippen LogP contribution is -1.95. The van der Waals surface area contributed by atoms with Crippen molar-refractivity contribution >= 4 is 22.2 Å². The largest absolute Gasteiger partial charge is 0.399 e. The Morgan fingerprint density at radius 3 is 1.78 bits per heavy atom. The van der Waals surface area contributed by atoms with Gasteiger partial charge in [-0.3, -0.25) is 4.98 Å². The molecule has 0 atom stereocenters.